The fourth-order valence-electron chi connectivity index (χ4n) is 1.55. The predicted octanol–water partition coefficient (Wildman–Crippen LogP) is 2.40. The van der Waals surface area contributed by atoms with Crippen LogP contribution in [0.25, 0.3) is 0 Å². The lowest BCUT2D eigenvalue weighted by atomic mass is 10.1. The normalized spacial score (nSPS) is 20.4. The van der Waals surface area contributed by atoms with Crippen LogP contribution >= 0.6 is 0 Å². The van der Waals surface area contributed by atoms with E-state index in [0.717, 1.165) is 38.9 Å². The Morgan fingerprint density at radius 1 is 1.13 bits per heavy atom. The molecule has 2 unspecified atom stereocenters. The highest BCUT2D eigenvalue weighted by Crippen LogP contribution is 2.12. The van der Waals surface area contributed by atoms with E-state index >= 15 is 0 Å². The Kier molecular flexibility index (Phi) is 15.3. The molecular formula is C17H32O6. The molecule has 2 fully saturated rings. The SMILES string of the molecule is C(OCC1CO1)C1CO1.C=CC(=O)O.CCCCCCCCO. The van der Waals surface area contributed by atoms with Crippen molar-refractivity contribution in [2.75, 3.05) is 33.0 Å². The fraction of sp³-hybridized carbons (Fsp3) is 0.824. The first kappa shape index (κ1) is 22.1. The van der Waals surface area contributed by atoms with E-state index in [1.54, 1.807) is 0 Å². The van der Waals surface area contributed by atoms with Gasteiger partial charge in [0.25, 0.3) is 0 Å². The molecule has 0 bridgehead atoms. The van der Waals surface area contributed by atoms with Gasteiger partial charge in [0.2, 0.25) is 0 Å². The number of hydrogen-bond acceptors (Lipinski definition) is 5. The van der Waals surface area contributed by atoms with Crippen LogP contribution in [0.15, 0.2) is 12.7 Å². The van der Waals surface area contributed by atoms with E-state index in [9.17, 15) is 4.79 Å². The highest BCUT2D eigenvalue weighted by atomic mass is 16.6. The maximum absolute atomic E-state index is 9.25. The molecule has 0 aromatic heterocycles. The van der Waals surface area contributed by atoms with Crippen molar-refractivity contribution in [3.8, 4) is 0 Å². The Bertz CT molecular complexity index is 269. The molecular weight excluding hydrogens is 300 g/mol. The number of carbonyl (C=O) groups is 1. The van der Waals surface area contributed by atoms with E-state index in [1.807, 2.05) is 0 Å². The first-order valence-corrected chi connectivity index (χ1v) is 8.41. The number of ether oxygens (including phenoxy) is 3. The number of unbranched alkanes of at least 4 members (excludes halogenated alkanes) is 5. The zero-order chi connectivity index (χ0) is 17.3. The number of aliphatic hydroxyl groups is 1. The van der Waals surface area contributed by atoms with Gasteiger partial charge < -0.3 is 24.4 Å². The summed E-state index contributed by atoms with van der Waals surface area (Å²) in [4.78, 5) is 9.25. The smallest absolute Gasteiger partial charge is 0.327 e. The highest BCUT2D eigenvalue weighted by molar-refractivity contribution is 5.78. The molecule has 23 heavy (non-hydrogen) atoms. The molecule has 6 nitrogen and oxygen atoms in total. The fourth-order valence-corrected chi connectivity index (χ4v) is 1.55. The third kappa shape index (κ3) is 21.1. The van der Waals surface area contributed by atoms with Crippen LogP contribution in [0, 0.1) is 0 Å². The number of carboxylic acid groups (broad SMARTS) is 1. The zero-order valence-corrected chi connectivity index (χ0v) is 14.2. The number of rotatable bonds is 11. The van der Waals surface area contributed by atoms with Crippen LogP contribution in [-0.4, -0.2) is 61.4 Å². The van der Waals surface area contributed by atoms with Gasteiger partial charge >= 0.3 is 5.97 Å². The Morgan fingerprint density at radius 2 is 1.57 bits per heavy atom. The van der Waals surface area contributed by atoms with E-state index in [-0.39, 0.29) is 0 Å². The molecule has 2 aliphatic rings. The van der Waals surface area contributed by atoms with Gasteiger partial charge in [-0.2, -0.15) is 0 Å². The van der Waals surface area contributed by atoms with Gasteiger partial charge in [-0.05, 0) is 6.42 Å². The van der Waals surface area contributed by atoms with Crippen molar-refractivity contribution in [3.05, 3.63) is 12.7 Å². The Balaban J connectivity index is 0.000000332. The summed E-state index contributed by atoms with van der Waals surface area (Å²) in [5.74, 6) is -0.981. The number of epoxide rings is 2. The third-order valence-corrected chi connectivity index (χ3v) is 3.10. The molecule has 2 rings (SSSR count). The van der Waals surface area contributed by atoms with Gasteiger partial charge in [0.05, 0.1) is 26.4 Å². The standard InChI is InChI=1S/C8H18O.C6H10O3.C3H4O2/c1-2-3-4-5-6-7-8-9;1(5-3-8-5)7-2-6-4-9-6;1-2-3(4)5/h9H,2-8H2,1H3;5-6H,1-4H2;2H,1H2,(H,4,5). The van der Waals surface area contributed by atoms with Crippen LogP contribution in [0.4, 0.5) is 0 Å². The minimum atomic E-state index is -0.981. The quantitative estimate of drug-likeness (QED) is 0.343. The maximum atomic E-state index is 9.25. The molecule has 136 valence electrons. The summed E-state index contributed by atoms with van der Waals surface area (Å²) in [5, 5.41) is 16.0. The van der Waals surface area contributed by atoms with Crippen LogP contribution in [0.1, 0.15) is 45.4 Å². The summed E-state index contributed by atoms with van der Waals surface area (Å²) in [6.45, 7) is 8.80. The van der Waals surface area contributed by atoms with E-state index in [2.05, 4.69) is 13.5 Å². The van der Waals surface area contributed by atoms with Crippen molar-refractivity contribution in [1.82, 2.24) is 0 Å². The summed E-state index contributed by atoms with van der Waals surface area (Å²) in [6.07, 6.45) is 9.11. The maximum Gasteiger partial charge on any atom is 0.327 e. The Morgan fingerprint density at radius 3 is 1.91 bits per heavy atom. The minimum absolute atomic E-state index is 0.367. The number of aliphatic hydroxyl groups excluding tert-OH is 1. The molecule has 0 aromatic carbocycles. The van der Waals surface area contributed by atoms with Crippen LogP contribution in [-0.2, 0) is 19.0 Å². The molecule has 0 spiro atoms. The lowest BCUT2D eigenvalue weighted by molar-refractivity contribution is -0.131. The molecule has 0 radical (unpaired) electrons. The molecule has 2 heterocycles. The van der Waals surface area contributed by atoms with Crippen molar-refractivity contribution in [2.24, 2.45) is 0 Å². The second-order valence-electron chi connectivity index (χ2n) is 5.48. The molecule has 6 heteroatoms. The molecule has 0 aliphatic carbocycles. The number of aliphatic carboxylic acids is 1. The summed E-state index contributed by atoms with van der Waals surface area (Å²) < 4.78 is 15.1. The zero-order valence-electron chi connectivity index (χ0n) is 14.2. The molecule has 2 aliphatic heterocycles. The summed E-state index contributed by atoms with van der Waals surface area (Å²) >= 11 is 0. The molecule has 0 saturated carbocycles. The highest BCUT2D eigenvalue weighted by Gasteiger charge is 2.26. The van der Waals surface area contributed by atoms with E-state index in [0.29, 0.717) is 18.8 Å². The second-order valence-corrected chi connectivity index (χ2v) is 5.48. The lowest BCUT2D eigenvalue weighted by Gasteiger charge is -1.95. The predicted molar refractivity (Wildman–Crippen MR) is 88.6 cm³/mol. The Labute approximate surface area is 139 Å². The topological polar surface area (TPSA) is 91.8 Å². The lowest BCUT2D eigenvalue weighted by Crippen LogP contribution is -2.06. The Hall–Kier alpha value is -0.950. The summed E-state index contributed by atoms with van der Waals surface area (Å²) in [6, 6.07) is 0. The average molecular weight is 332 g/mol. The van der Waals surface area contributed by atoms with E-state index in [1.165, 1.54) is 32.1 Å². The van der Waals surface area contributed by atoms with Crippen LogP contribution < -0.4 is 0 Å². The summed E-state index contributed by atoms with van der Waals surface area (Å²) in [5.41, 5.74) is 0. The summed E-state index contributed by atoms with van der Waals surface area (Å²) in [7, 11) is 0. The number of hydrogen-bond donors (Lipinski definition) is 2. The van der Waals surface area contributed by atoms with Gasteiger partial charge in [-0.3, -0.25) is 0 Å². The van der Waals surface area contributed by atoms with Crippen molar-refractivity contribution in [3.63, 3.8) is 0 Å². The minimum Gasteiger partial charge on any atom is -0.478 e. The van der Waals surface area contributed by atoms with Crippen molar-refractivity contribution < 1.29 is 29.2 Å². The van der Waals surface area contributed by atoms with E-state index < -0.39 is 5.97 Å². The number of carboxylic acids is 1. The van der Waals surface area contributed by atoms with Gasteiger partial charge in [-0.25, -0.2) is 4.79 Å². The molecule has 2 saturated heterocycles. The largest absolute Gasteiger partial charge is 0.478 e. The van der Waals surface area contributed by atoms with Crippen LogP contribution in [0.2, 0.25) is 0 Å². The van der Waals surface area contributed by atoms with Crippen molar-refractivity contribution >= 4 is 5.97 Å². The van der Waals surface area contributed by atoms with E-state index in [4.69, 9.17) is 24.4 Å². The van der Waals surface area contributed by atoms with Gasteiger partial charge in [0.1, 0.15) is 12.2 Å². The third-order valence-electron chi connectivity index (χ3n) is 3.10. The second kappa shape index (κ2) is 15.9. The molecule has 2 atom stereocenters. The van der Waals surface area contributed by atoms with Crippen LogP contribution in [0.5, 0.6) is 0 Å². The van der Waals surface area contributed by atoms with Crippen molar-refractivity contribution in [2.45, 2.75) is 57.7 Å². The average Bonchev–Trinajstić information content (AvgIpc) is 3.44. The van der Waals surface area contributed by atoms with Gasteiger partial charge in [0, 0.05) is 12.7 Å². The molecule has 2 N–H and O–H groups in total. The van der Waals surface area contributed by atoms with Gasteiger partial charge in [-0.15, -0.1) is 0 Å². The van der Waals surface area contributed by atoms with Crippen LogP contribution in [0.3, 0.4) is 0 Å². The monoisotopic (exact) mass is 332 g/mol. The first-order valence-electron chi connectivity index (χ1n) is 8.41. The molecule has 0 amide bonds. The van der Waals surface area contributed by atoms with Crippen molar-refractivity contribution in [1.29, 1.82) is 0 Å². The van der Waals surface area contributed by atoms with Gasteiger partial charge in [0.15, 0.2) is 0 Å². The first-order chi connectivity index (χ1) is 11.1. The molecule has 0 aromatic rings. The van der Waals surface area contributed by atoms with Gasteiger partial charge in [-0.1, -0.05) is 45.6 Å².